The number of carboxylic acids is 1. The molecule has 2 fully saturated rings. The van der Waals surface area contributed by atoms with Crippen LogP contribution in [0.15, 0.2) is 60.7 Å². The van der Waals surface area contributed by atoms with E-state index in [9.17, 15) is 14.3 Å². The summed E-state index contributed by atoms with van der Waals surface area (Å²) >= 11 is 0. The van der Waals surface area contributed by atoms with Crippen LogP contribution in [0.4, 0.5) is 10.1 Å². The lowest BCUT2D eigenvalue weighted by molar-refractivity contribution is -0.0592. The molecule has 2 aliphatic heterocycles. The zero-order valence-corrected chi connectivity index (χ0v) is 23.1. The van der Waals surface area contributed by atoms with Gasteiger partial charge in [0.25, 0.3) is 0 Å². The first-order chi connectivity index (χ1) is 20.4. The van der Waals surface area contributed by atoms with E-state index in [0.717, 1.165) is 61.5 Å². The third-order valence-corrected chi connectivity index (χ3v) is 7.99. The van der Waals surface area contributed by atoms with Crippen molar-refractivity contribution in [2.75, 3.05) is 25.0 Å². The largest absolute Gasteiger partial charge is 0.489 e. The van der Waals surface area contributed by atoms with Gasteiger partial charge in [-0.25, -0.2) is 14.2 Å². The number of rotatable bonds is 10. The third-order valence-electron chi connectivity index (χ3n) is 7.99. The molecule has 6 rings (SSSR count). The fourth-order valence-electron chi connectivity index (χ4n) is 5.50. The maximum absolute atomic E-state index is 14.2. The number of carbonyl (C=O) groups is 1. The Balaban J connectivity index is 1.06. The molecule has 9 nitrogen and oxygen atoms in total. The summed E-state index contributed by atoms with van der Waals surface area (Å²) in [5, 5.41) is 22.0. The molecular weight excluding hydrogens is 537 g/mol. The fraction of sp³-hybridized carbons (Fsp3) is 0.344. The van der Waals surface area contributed by atoms with Crippen LogP contribution in [0.3, 0.4) is 0 Å². The lowest BCUT2D eigenvalue weighted by atomic mass is 10.0. The second kappa shape index (κ2) is 12.2. The number of ether oxygens (including phenoxy) is 2. The van der Waals surface area contributed by atoms with E-state index in [1.165, 1.54) is 6.07 Å². The van der Waals surface area contributed by atoms with Crippen molar-refractivity contribution in [1.82, 2.24) is 14.5 Å². The zero-order valence-electron chi connectivity index (χ0n) is 23.1. The number of nitriles is 1. The quantitative estimate of drug-likeness (QED) is 0.268. The van der Waals surface area contributed by atoms with Crippen LogP contribution in [-0.2, 0) is 24.4 Å². The maximum atomic E-state index is 14.2. The first-order valence-corrected chi connectivity index (χ1v) is 14.2. The number of imidazole rings is 1. The number of nitrogens with zero attached hydrogens (tertiary/aromatic N) is 4. The summed E-state index contributed by atoms with van der Waals surface area (Å²) in [5.41, 5.74) is 3.52. The van der Waals surface area contributed by atoms with Gasteiger partial charge in [0.1, 0.15) is 24.0 Å². The molecule has 42 heavy (non-hydrogen) atoms. The van der Waals surface area contributed by atoms with Gasteiger partial charge in [0.2, 0.25) is 0 Å². The van der Waals surface area contributed by atoms with Crippen LogP contribution >= 0.6 is 0 Å². The molecule has 0 amide bonds. The summed E-state index contributed by atoms with van der Waals surface area (Å²) < 4.78 is 27.9. The molecule has 0 radical (unpaired) electrons. The van der Waals surface area contributed by atoms with Crippen LogP contribution in [0.1, 0.15) is 46.6 Å². The molecule has 0 spiro atoms. The van der Waals surface area contributed by atoms with E-state index in [4.69, 9.17) is 19.7 Å². The van der Waals surface area contributed by atoms with Crippen LogP contribution in [0.2, 0.25) is 0 Å². The van der Waals surface area contributed by atoms with Crippen molar-refractivity contribution in [2.24, 2.45) is 0 Å². The van der Waals surface area contributed by atoms with Gasteiger partial charge in [-0.1, -0.05) is 12.1 Å². The van der Waals surface area contributed by atoms with E-state index in [2.05, 4.69) is 14.8 Å². The molecule has 0 bridgehead atoms. The number of nitrogens with one attached hydrogen (secondary N) is 1. The number of benzene rings is 3. The van der Waals surface area contributed by atoms with Crippen molar-refractivity contribution < 1.29 is 23.8 Å². The molecule has 10 heteroatoms. The van der Waals surface area contributed by atoms with Gasteiger partial charge < -0.3 is 24.5 Å². The number of piperidine rings is 1. The molecule has 2 N–H and O–H groups in total. The minimum absolute atomic E-state index is 0.0780. The summed E-state index contributed by atoms with van der Waals surface area (Å²) in [4.78, 5) is 18.8. The number of carboxylic acid groups (broad SMARTS) is 1. The topological polar surface area (TPSA) is 113 Å². The molecule has 1 aromatic heterocycles. The van der Waals surface area contributed by atoms with Crippen molar-refractivity contribution in [2.45, 2.75) is 51.1 Å². The number of aromatic nitrogens is 2. The molecule has 1 unspecified atom stereocenters. The average Bonchev–Trinajstić information content (AvgIpc) is 3.31. The second-order valence-electron chi connectivity index (χ2n) is 10.9. The van der Waals surface area contributed by atoms with Gasteiger partial charge in [0.05, 0.1) is 47.4 Å². The van der Waals surface area contributed by atoms with E-state index in [1.807, 2.05) is 30.3 Å². The molecule has 2 aliphatic rings. The highest BCUT2D eigenvalue weighted by Gasteiger charge is 2.25. The summed E-state index contributed by atoms with van der Waals surface area (Å²) in [6.07, 6.45) is 3.04. The predicted molar refractivity (Wildman–Crippen MR) is 155 cm³/mol. The number of aromatic carboxylic acids is 1. The lowest BCUT2D eigenvalue weighted by Crippen LogP contribution is -2.39. The maximum Gasteiger partial charge on any atom is 0.335 e. The van der Waals surface area contributed by atoms with E-state index in [1.54, 1.807) is 30.3 Å². The van der Waals surface area contributed by atoms with Crippen LogP contribution in [0, 0.1) is 17.1 Å². The molecule has 1 atom stereocenters. The van der Waals surface area contributed by atoms with Gasteiger partial charge in [0.15, 0.2) is 0 Å². The van der Waals surface area contributed by atoms with Gasteiger partial charge in [-0.2, -0.15) is 5.26 Å². The van der Waals surface area contributed by atoms with Crippen molar-refractivity contribution in [3.05, 3.63) is 89.0 Å². The van der Waals surface area contributed by atoms with Crippen molar-refractivity contribution >= 4 is 22.7 Å². The Labute approximate surface area is 243 Å². The number of halogens is 1. The summed E-state index contributed by atoms with van der Waals surface area (Å²) in [7, 11) is 0. The SMILES string of the molecule is N#Cc1ccc(COc2cccc(NC3CCN(Cc4nc5ccc(C(=O)O)cc5n4CC4CCO4)CC3)c2)c(F)c1. The minimum atomic E-state index is -0.946. The third kappa shape index (κ3) is 6.22. The first kappa shape index (κ1) is 27.7. The molecule has 4 aromatic rings. The molecule has 3 aromatic carbocycles. The molecule has 216 valence electrons. The van der Waals surface area contributed by atoms with E-state index in [0.29, 0.717) is 30.4 Å². The monoisotopic (exact) mass is 569 g/mol. The Hall–Kier alpha value is -4.46. The number of hydrogen-bond donors (Lipinski definition) is 2. The fourth-order valence-corrected chi connectivity index (χ4v) is 5.50. The van der Waals surface area contributed by atoms with Crippen molar-refractivity contribution in [3.63, 3.8) is 0 Å². The average molecular weight is 570 g/mol. The number of fused-ring (bicyclic) bond motifs is 1. The first-order valence-electron chi connectivity index (χ1n) is 14.2. The highest BCUT2D eigenvalue weighted by atomic mass is 19.1. The smallest absolute Gasteiger partial charge is 0.335 e. The standard InChI is InChI=1S/C32H32FN5O4/c33-28-14-21(17-34)4-5-23(28)20-42-26-3-1-2-25(16-26)35-24-8-11-37(12-9-24)19-31-36-29-7-6-22(32(39)40)15-30(29)38(31)18-27-10-13-41-27/h1-7,14-16,24,27,35H,8-13,18-20H2,(H,39,40). The highest BCUT2D eigenvalue weighted by molar-refractivity contribution is 5.92. The van der Waals surface area contributed by atoms with Gasteiger partial charge in [0, 0.05) is 43.1 Å². The predicted octanol–water partition coefficient (Wildman–Crippen LogP) is 5.19. The number of hydrogen-bond acceptors (Lipinski definition) is 7. The van der Waals surface area contributed by atoms with E-state index in [-0.39, 0.29) is 23.8 Å². The van der Waals surface area contributed by atoms with Crippen LogP contribution in [0.25, 0.3) is 11.0 Å². The van der Waals surface area contributed by atoms with Gasteiger partial charge >= 0.3 is 5.97 Å². The van der Waals surface area contributed by atoms with Crippen LogP contribution < -0.4 is 10.1 Å². The molecule has 3 heterocycles. The second-order valence-corrected chi connectivity index (χ2v) is 10.9. The molecular formula is C32H32FN5O4. The highest BCUT2D eigenvalue weighted by Crippen LogP contribution is 2.26. The summed E-state index contributed by atoms with van der Waals surface area (Å²) in [6.45, 7) is 3.99. The zero-order chi connectivity index (χ0) is 29.1. The molecule has 0 aliphatic carbocycles. The van der Waals surface area contributed by atoms with Crippen LogP contribution in [-0.4, -0.2) is 57.4 Å². The van der Waals surface area contributed by atoms with E-state index < -0.39 is 11.8 Å². The Bertz CT molecular complexity index is 1640. The summed E-state index contributed by atoms with van der Waals surface area (Å²) in [5.74, 6) is 0.171. The van der Waals surface area contributed by atoms with Gasteiger partial charge in [-0.05, 0) is 61.7 Å². The van der Waals surface area contributed by atoms with Crippen LogP contribution in [0.5, 0.6) is 5.75 Å². The van der Waals surface area contributed by atoms with Crippen molar-refractivity contribution in [3.8, 4) is 11.8 Å². The number of likely N-dealkylation sites (tertiary alicyclic amines) is 1. The molecule has 0 saturated carbocycles. The Morgan fingerprint density at radius 3 is 2.69 bits per heavy atom. The number of anilines is 1. The Morgan fingerprint density at radius 1 is 1.14 bits per heavy atom. The lowest BCUT2D eigenvalue weighted by Gasteiger charge is -2.33. The summed E-state index contributed by atoms with van der Waals surface area (Å²) in [6, 6.07) is 19.4. The van der Waals surface area contributed by atoms with E-state index >= 15 is 0 Å². The van der Waals surface area contributed by atoms with Gasteiger partial charge in [-0.3, -0.25) is 4.90 Å². The van der Waals surface area contributed by atoms with Gasteiger partial charge in [-0.15, -0.1) is 0 Å². The normalized spacial score (nSPS) is 17.5. The van der Waals surface area contributed by atoms with Crippen molar-refractivity contribution in [1.29, 1.82) is 5.26 Å². The Kier molecular flexibility index (Phi) is 8.04. The Morgan fingerprint density at radius 2 is 1.98 bits per heavy atom. The molecule has 2 saturated heterocycles. The minimum Gasteiger partial charge on any atom is -0.489 e.